The lowest BCUT2D eigenvalue weighted by Gasteiger charge is -2.33. The molecule has 128 valence electrons. The summed E-state index contributed by atoms with van der Waals surface area (Å²) in [4.78, 5) is 14.6. The van der Waals surface area contributed by atoms with Gasteiger partial charge < -0.3 is 10.2 Å². The maximum Gasteiger partial charge on any atom is 0.241 e. The van der Waals surface area contributed by atoms with Gasteiger partial charge in [0.1, 0.15) is 6.54 Å². The van der Waals surface area contributed by atoms with Gasteiger partial charge in [0.15, 0.2) is 0 Å². The fraction of sp³-hybridized carbons (Fsp3) is 0.778. The van der Waals surface area contributed by atoms with Crippen LogP contribution in [0.25, 0.3) is 0 Å². The number of hydrogen-bond acceptors (Lipinski definition) is 3. The quantitative estimate of drug-likeness (QED) is 0.818. The molecule has 0 saturated carbocycles. The van der Waals surface area contributed by atoms with Gasteiger partial charge in [-0.05, 0) is 64.0 Å². The molecule has 0 radical (unpaired) electrons. The van der Waals surface area contributed by atoms with Crippen LogP contribution < -0.4 is 5.32 Å². The molecule has 5 heteroatoms. The average molecular weight is 318 g/mol. The number of aromatic nitrogens is 2. The van der Waals surface area contributed by atoms with E-state index in [2.05, 4.69) is 28.4 Å². The molecular formula is C18H30N4O. The number of nitrogens with zero attached hydrogens (tertiary/aromatic N) is 3. The monoisotopic (exact) mass is 318 g/mol. The molecule has 1 fully saturated rings. The third kappa shape index (κ3) is 4.56. The Hall–Kier alpha value is -1.36. The van der Waals surface area contributed by atoms with Crippen molar-refractivity contribution in [3.63, 3.8) is 0 Å². The van der Waals surface area contributed by atoms with Crippen molar-refractivity contribution in [1.29, 1.82) is 0 Å². The van der Waals surface area contributed by atoms with E-state index in [0.29, 0.717) is 12.6 Å². The molecule has 5 nitrogen and oxygen atoms in total. The second-order valence-corrected chi connectivity index (χ2v) is 7.09. The van der Waals surface area contributed by atoms with Crippen molar-refractivity contribution in [2.75, 3.05) is 19.6 Å². The van der Waals surface area contributed by atoms with E-state index in [1.807, 2.05) is 4.68 Å². The van der Waals surface area contributed by atoms with Crippen LogP contribution in [0.5, 0.6) is 0 Å². The Morgan fingerprint density at radius 3 is 3.00 bits per heavy atom. The lowest BCUT2D eigenvalue weighted by molar-refractivity contribution is -0.121. The SMILES string of the molecule is C[C@H]1CCCCN1CCCNC(=O)Cn1cc2c(n1)CCCC2. The number of aryl methyl sites for hydroxylation is 2. The van der Waals surface area contributed by atoms with E-state index in [1.165, 1.54) is 49.9 Å². The van der Waals surface area contributed by atoms with Gasteiger partial charge in [0.2, 0.25) is 5.91 Å². The van der Waals surface area contributed by atoms with Crippen LogP contribution in [-0.4, -0.2) is 46.3 Å². The molecule has 1 saturated heterocycles. The topological polar surface area (TPSA) is 50.2 Å². The highest BCUT2D eigenvalue weighted by Crippen LogP contribution is 2.19. The van der Waals surface area contributed by atoms with Gasteiger partial charge >= 0.3 is 0 Å². The Morgan fingerprint density at radius 1 is 1.30 bits per heavy atom. The number of nitrogens with one attached hydrogen (secondary N) is 1. The van der Waals surface area contributed by atoms with Crippen LogP contribution in [0.3, 0.4) is 0 Å². The van der Waals surface area contributed by atoms with Crippen molar-refractivity contribution >= 4 is 5.91 Å². The summed E-state index contributed by atoms with van der Waals surface area (Å²) in [5.41, 5.74) is 2.53. The van der Waals surface area contributed by atoms with Crippen LogP contribution in [0.4, 0.5) is 0 Å². The van der Waals surface area contributed by atoms with Crippen molar-refractivity contribution < 1.29 is 4.79 Å². The number of fused-ring (bicyclic) bond motifs is 1. The van der Waals surface area contributed by atoms with E-state index in [4.69, 9.17) is 0 Å². The van der Waals surface area contributed by atoms with Crippen LogP contribution in [-0.2, 0) is 24.2 Å². The first-order valence-electron chi connectivity index (χ1n) is 9.28. The molecule has 1 N–H and O–H groups in total. The fourth-order valence-electron chi connectivity index (χ4n) is 3.81. The number of hydrogen-bond donors (Lipinski definition) is 1. The second-order valence-electron chi connectivity index (χ2n) is 7.09. The zero-order chi connectivity index (χ0) is 16.1. The summed E-state index contributed by atoms with van der Waals surface area (Å²) in [5, 5.41) is 7.59. The first kappa shape index (κ1) is 16.5. The van der Waals surface area contributed by atoms with Crippen molar-refractivity contribution in [3.05, 3.63) is 17.5 Å². The van der Waals surface area contributed by atoms with Crippen LogP contribution in [0.2, 0.25) is 0 Å². The molecule has 2 aliphatic rings. The van der Waals surface area contributed by atoms with Crippen LogP contribution in [0.1, 0.15) is 56.7 Å². The van der Waals surface area contributed by atoms with Gasteiger partial charge in [0, 0.05) is 25.3 Å². The Labute approximate surface area is 139 Å². The van der Waals surface area contributed by atoms with Crippen molar-refractivity contribution in [2.24, 2.45) is 0 Å². The van der Waals surface area contributed by atoms with Crippen molar-refractivity contribution in [3.8, 4) is 0 Å². The molecule has 3 rings (SSSR count). The Morgan fingerprint density at radius 2 is 2.17 bits per heavy atom. The number of rotatable bonds is 6. The molecule has 23 heavy (non-hydrogen) atoms. The van der Waals surface area contributed by atoms with E-state index in [9.17, 15) is 4.79 Å². The summed E-state index contributed by atoms with van der Waals surface area (Å²) in [6.07, 6.45) is 11.8. The number of amides is 1. The normalized spacial score (nSPS) is 21.9. The number of piperidine rings is 1. The maximum absolute atomic E-state index is 12.1. The van der Waals surface area contributed by atoms with Crippen LogP contribution >= 0.6 is 0 Å². The van der Waals surface area contributed by atoms with Crippen LogP contribution in [0.15, 0.2) is 6.20 Å². The van der Waals surface area contributed by atoms with E-state index in [0.717, 1.165) is 32.4 Å². The summed E-state index contributed by atoms with van der Waals surface area (Å²) in [6, 6.07) is 0.704. The largest absolute Gasteiger partial charge is 0.354 e. The highest BCUT2D eigenvalue weighted by Gasteiger charge is 2.17. The zero-order valence-corrected chi connectivity index (χ0v) is 14.4. The van der Waals surface area contributed by atoms with Gasteiger partial charge in [0.25, 0.3) is 0 Å². The lowest BCUT2D eigenvalue weighted by Crippen LogP contribution is -2.39. The fourth-order valence-corrected chi connectivity index (χ4v) is 3.81. The highest BCUT2D eigenvalue weighted by molar-refractivity contribution is 5.75. The summed E-state index contributed by atoms with van der Waals surface area (Å²) >= 11 is 0. The number of carbonyl (C=O) groups is 1. The molecular weight excluding hydrogens is 288 g/mol. The Kier molecular flexibility index (Phi) is 5.70. The van der Waals surface area contributed by atoms with E-state index >= 15 is 0 Å². The molecule has 0 aromatic carbocycles. The molecule has 0 spiro atoms. The highest BCUT2D eigenvalue weighted by atomic mass is 16.2. The molecule has 0 bridgehead atoms. The third-order valence-corrected chi connectivity index (χ3v) is 5.22. The standard InChI is InChI=1S/C18H30N4O/c1-15-7-4-5-11-21(15)12-6-10-19-18(23)14-22-13-16-8-2-3-9-17(16)20-22/h13,15H,2-12,14H2,1H3,(H,19,23)/t15-/m0/s1. The summed E-state index contributed by atoms with van der Waals surface area (Å²) < 4.78 is 1.82. The zero-order valence-electron chi connectivity index (χ0n) is 14.4. The van der Waals surface area contributed by atoms with E-state index < -0.39 is 0 Å². The van der Waals surface area contributed by atoms with Crippen molar-refractivity contribution in [2.45, 2.75) is 70.9 Å². The predicted molar refractivity (Wildman–Crippen MR) is 91.4 cm³/mol. The molecule has 1 aromatic rings. The minimum atomic E-state index is 0.0801. The van der Waals surface area contributed by atoms with E-state index in [1.54, 1.807) is 0 Å². The molecule has 2 heterocycles. The molecule has 1 aliphatic heterocycles. The van der Waals surface area contributed by atoms with E-state index in [-0.39, 0.29) is 5.91 Å². The minimum Gasteiger partial charge on any atom is -0.354 e. The Balaban J connectivity index is 1.35. The first-order chi connectivity index (χ1) is 11.2. The molecule has 1 atom stereocenters. The molecule has 1 aromatic heterocycles. The first-order valence-corrected chi connectivity index (χ1v) is 9.28. The molecule has 0 unspecified atom stereocenters. The number of carbonyl (C=O) groups excluding carboxylic acids is 1. The smallest absolute Gasteiger partial charge is 0.241 e. The summed E-state index contributed by atoms with van der Waals surface area (Å²) in [6.45, 7) is 5.75. The number of likely N-dealkylation sites (tertiary alicyclic amines) is 1. The van der Waals surface area contributed by atoms with Crippen LogP contribution in [0, 0.1) is 0 Å². The average Bonchev–Trinajstić information content (AvgIpc) is 2.95. The molecule has 1 amide bonds. The second kappa shape index (κ2) is 7.95. The van der Waals surface area contributed by atoms with Gasteiger partial charge in [-0.15, -0.1) is 0 Å². The summed E-state index contributed by atoms with van der Waals surface area (Å²) in [5.74, 6) is 0.0801. The minimum absolute atomic E-state index is 0.0801. The lowest BCUT2D eigenvalue weighted by atomic mass is 9.99. The van der Waals surface area contributed by atoms with Gasteiger partial charge in [-0.3, -0.25) is 9.48 Å². The van der Waals surface area contributed by atoms with Crippen molar-refractivity contribution in [1.82, 2.24) is 20.0 Å². The van der Waals surface area contributed by atoms with Gasteiger partial charge in [0.05, 0.1) is 5.69 Å². The maximum atomic E-state index is 12.1. The predicted octanol–water partition coefficient (Wildman–Crippen LogP) is 2.14. The summed E-state index contributed by atoms with van der Waals surface area (Å²) in [7, 11) is 0. The van der Waals surface area contributed by atoms with Gasteiger partial charge in [-0.2, -0.15) is 5.10 Å². The Bertz CT molecular complexity index is 502. The molecule has 1 aliphatic carbocycles. The third-order valence-electron chi connectivity index (χ3n) is 5.22. The van der Waals surface area contributed by atoms with Gasteiger partial charge in [-0.25, -0.2) is 0 Å². The van der Waals surface area contributed by atoms with Gasteiger partial charge in [-0.1, -0.05) is 6.42 Å².